The molecule has 5 rings (SSSR count). The van der Waals surface area contributed by atoms with Crippen molar-refractivity contribution in [3.05, 3.63) is 93.9 Å². The highest BCUT2D eigenvalue weighted by atomic mass is 32.1. The van der Waals surface area contributed by atoms with E-state index in [-0.39, 0.29) is 5.82 Å². The van der Waals surface area contributed by atoms with Gasteiger partial charge in [0.2, 0.25) is 0 Å². The average molecular weight is 466 g/mol. The summed E-state index contributed by atoms with van der Waals surface area (Å²) in [6, 6.07) is 23.6. The van der Waals surface area contributed by atoms with E-state index < -0.39 is 5.54 Å². The molecule has 0 aliphatic carbocycles. The summed E-state index contributed by atoms with van der Waals surface area (Å²) in [6.07, 6.45) is 0. The molecule has 2 heterocycles. The van der Waals surface area contributed by atoms with Crippen molar-refractivity contribution in [2.45, 2.75) is 26.3 Å². The van der Waals surface area contributed by atoms with E-state index in [1.54, 1.807) is 6.07 Å². The van der Waals surface area contributed by atoms with Crippen LogP contribution in [-0.2, 0) is 5.54 Å². The number of hydrogen-bond donors (Lipinski definition) is 2. The average Bonchev–Trinajstić information content (AvgIpc) is 3.42. The molecule has 0 saturated heterocycles. The summed E-state index contributed by atoms with van der Waals surface area (Å²) in [5.41, 5.74) is 14.7. The molecule has 3 nitrogen and oxygen atoms in total. The molecule has 168 valence electrons. The van der Waals surface area contributed by atoms with Gasteiger partial charge in [-0.25, -0.2) is 4.39 Å². The van der Waals surface area contributed by atoms with Crippen LogP contribution in [0.25, 0.3) is 44.4 Å². The fourth-order valence-corrected chi connectivity index (χ4v) is 5.17. The molecule has 0 atom stereocenters. The van der Waals surface area contributed by atoms with Crippen LogP contribution in [0.1, 0.15) is 29.9 Å². The van der Waals surface area contributed by atoms with Crippen LogP contribution in [0.3, 0.4) is 0 Å². The van der Waals surface area contributed by atoms with Gasteiger partial charge in [0.15, 0.2) is 0 Å². The first-order valence-electron chi connectivity index (χ1n) is 11.1. The molecular formula is C29H24FN3S. The lowest BCUT2D eigenvalue weighted by Crippen LogP contribution is -2.28. The predicted molar refractivity (Wildman–Crippen MR) is 139 cm³/mol. The van der Waals surface area contributed by atoms with Gasteiger partial charge in [-0.2, -0.15) is 5.26 Å². The number of aromatic nitrogens is 1. The number of benzene rings is 3. The van der Waals surface area contributed by atoms with Gasteiger partial charge in [0, 0.05) is 27.6 Å². The summed E-state index contributed by atoms with van der Waals surface area (Å²) in [7, 11) is 0. The highest BCUT2D eigenvalue weighted by molar-refractivity contribution is 7.11. The Morgan fingerprint density at radius 1 is 0.971 bits per heavy atom. The monoisotopic (exact) mass is 465 g/mol. The molecule has 2 aromatic heterocycles. The molecule has 3 N–H and O–H groups in total. The Morgan fingerprint density at radius 2 is 1.76 bits per heavy atom. The van der Waals surface area contributed by atoms with Gasteiger partial charge in [-0.3, -0.25) is 0 Å². The van der Waals surface area contributed by atoms with E-state index in [0.717, 1.165) is 55.5 Å². The van der Waals surface area contributed by atoms with E-state index in [9.17, 15) is 9.65 Å². The number of fused-ring (bicyclic) bond motifs is 1. The van der Waals surface area contributed by atoms with Crippen molar-refractivity contribution in [2.75, 3.05) is 0 Å². The highest BCUT2D eigenvalue weighted by Crippen LogP contribution is 2.42. The Labute approximate surface area is 202 Å². The van der Waals surface area contributed by atoms with E-state index in [1.807, 2.05) is 37.4 Å². The van der Waals surface area contributed by atoms with Crippen molar-refractivity contribution in [3.63, 3.8) is 0 Å². The largest absolute Gasteiger partial charge is 0.354 e. The Bertz CT molecular complexity index is 1580. The number of nitrogens with one attached hydrogen (secondary N) is 1. The summed E-state index contributed by atoms with van der Waals surface area (Å²) in [5.74, 6) is -0.305. The van der Waals surface area contributed by atoms with Gasteiger partial charge in [-0.1, -0.05) is 36.4 Å². The summed E-state index contributed by atoms with van der Waals surface area (Å²) in [5, 5.41) is 12.3. The van der Waals surface area contributed by atoms with Gasteiger partial charge in [0.05, 0.1) is 5.69 Å². The summed E-state index contributed by atoms with van der Waals surface area (Å²) >= 11 is 1.39. The van der Waals surface area contributed by atoms with Crippen LogP contribution in [-0.4, -0.2) is 4.98 Å². The van der Waals surface area contributed by atoms with E-state index in [1.165, 1.54) is 23.5 Å². The fraction of sp³-hybridized carbons (Fsp3) is 0.138. The van der Waals surface area contributed by atoms with Crippen molar-refractivity contribution in [1.29, 1.82) is 5.26 Å². The fourth-order valence-electron chi connectivity index (χ4n) is 4.48. The SMILES string of the molecule is Cc1cc(C(C)(C)N)ccc1-c1cccc(-c2[nH]c3ccc(F)cc3c2-c2ccsc2C#N)c1. The number of halogens is 1. The summed E-state index contributed by atoms with van der Waals surface area (Å²) < 4.78 is 14.2. The molecule has 5 aromatic rings. The van der Waals surface area contributed by atoms with E-state index in [4.69, 9.17) is 5.73 Å². The van der Waals surface area contributed by atoms with Crippen LogP contribution in [0.15, 0.2) is 72.1 Å². The third-order valence-electron chi connectivity index (χ3n) is 6.23. The van der Waals surface area contributed by atoms with Crippen molar-refractivity contribution in [1.82, 2.24) is 4.98 Å². The molecule has 0 fully saturated rings. The lowest BCUT2D eigenvalue weighted by molar-refractivity contribution is 0.554. The lowest BCUT2D eigenvalue weighted by Gasteiger charge is -2.21. The van der Waals surface area contributed by atoms with Crippen molar-refractivity contribution in [3.8, 4) is 39.6 Å². The van der Waals surface area contributed by atoms with Crippen LogP contribution >= 0.6 is 11.3 Å². The number of aryl methyl sites for hydroxylation is 1. The molecule has 0 radical (unpaired) electrons. The normalized spacial score (nSPS) is 11.6. The van der Waals surface area contributed by atoms with Gasteiger partial charge < -0.3 is 10.7 Å². The minimum atomic E-state index is -0.404. The molecule has 0 unspecified atom stereocenters. The van der Waals surface area contributed by atoms with Crippen LogP contribution in [0, 0.1) is 24.1 Å². The highest BCUT2D eigenvalue weighted by Gasteiger charge is 2.20. The number of aromatic amines is 1. The smallest absolute Gasteiger partial charge is 0.123 e. The molecule has 0 saturated carbocycles. The zero-order chi connectivity index (χ0) is 24.0. The zero-order valence-corrected chi connectivity index (χ0v) is 20.1. The Balaban J connectivity index is 1.70. The van der Waals surface area contributed by atoms with Crippen LogP contribution in [0.4, 0.5) is 4.39 Å². The van der Waals surface area contributed by atoms with Crippen LogP contribution < -0.4 is 5.73 Å². The first-order valence-corrected chi connectivity index (χ1v) is 11.9. The van der Waals surface area contributed by atoms with Gasteiger partial charge in [0.1, 0.15) is 16.8 Å². The molecule has 0 aliphatic heterocycles. The van der Waals surface area contributed by atoms with E-state index in [2.05, 4.69) is 48.3 Å². The van der Waals surface area contributed by atoms with Crippen LogP contribution in [0.2, 0.25) is 0 Å². The van der Waals surface area contributed by atoms with Gasteiger partial charge in [-0.05, 0) is 84.3 Å². The van der Waals surface area contributed by atoms with Gasteiger partial charge in [-0.15, -0.1) is 11.3 Å². The second-order valence-corrected chi connectivity index (χ2v) is 10.1. The zero-order valence-electron chi connectivity index (χ0n) is 19.2. The minimum absolute atomic E-state index is 0.305. The number of nitrogens with two attached hydrogens (primary N) is 1. The lowest BCUT2D eigenvalue weighted by atomic mass is 9.90. The number of H-pyrrole nitrogens is 1. The third-order valence-corrected chi connectivity index (χ3v) is 7.05. The maximum absolute atomic E-state index is 14.2. The van der Waals surface area contributed by atoms with E-state index in [0.29, 0.717) is 4.88 Å². The Morgan fingerprint density at radius 3 is 2.50 bits per heavy atom. The molecule has 34 heavy (non-hydrogen) atoms. The predicted octanol–water partition coefficient (Wildman–Crippen LogP) is 7.74. The molecule has 5 heteroatoms. The first-order chi connectivity index (χ1) is 16.3. The minimum Gasteiger partial charge on any atom is -0.354 e. The molecule has 0 spiro atoms. The van der Waals surface area contributed by atoms with Gasteiger partial charge >= 0.3 is 0 Å². The second kappa shape index (κ2) is 8.25. The number of nitrogens with zero attached hydrogens (tertiary/aromatic N) is 1. The molecule has 3 aromatic carbocycles. The maximum atomic E-state index is 14.2. The molecular weight excluding hydrogens is 441 g/mol. The van der Waals surface area contributed by atoms with Crippen molar-refractivity contribution >= 4 is 22.2 Å². The van der Waals surface area contributed by atoms with E-state index >= 15 is 0 Å². The van der Waals surface area contributed by atoms with Gasteiger partial charge in [0.25, 0.3) is 0 Å². The number of rotatable bonds is 4. The van der Waals surface area contributed by atoms with Crippen molar-refractivity contribution in [2.24, 2.45) is 5.73 Å². The standard InChI is InChI=1S/C29H24FN3S/c1-17-13-20(29(2,3)32)7-9-22(17)18-5-4-6-19(14-18)28-27(23-11-12-34-26(23)16-31)24-15-21(30)8-10-25(24)33-28/h4-15,33H,32H2,1-3H3. The quantitative estimate of drug-likeness (QED) is 0.285. The maximum Gasteiger partial charge on any atom is 0.123 e. The summed E-state index contributed by atoms with van der Waals surface area (Å²) in [6.45, 7) is 6.10. The topological polar surface area (TPSA) is 65.6 Å². The first kappa shape index (κ1) is 22.1. The number of hydrogen-bond acceptors (Lipinski definition) is 3. The second-order valence-electron chi connectivity index (χ2n) is 9.17. The third kappa shape index (κ3) is 3.81. The van der Waals surface area contributed by atoms with Crippen molar-refractivity contribution < 1.29 is 4.39 Å². The Kier molecular flexibility index (Phi) is 5.36. The van der Waals surface area contributed by atoms with Crippen LogP contribution in [0.5, 0.6) is 0 Å². The Hall–Kier alpha value is -3.72. The number of thiophene rings is 1. The summed E-state index contributed by atoms with van der Waals surface area (Å²) in [4.78, 5) is 4.09. The number of nitriles is 1. The molecule has 0 amide bonds. The molecule has 0 bridgehead atoms. The molecule has 0 aliphatic rings.